The van der Waals surface area contributed by atoms with E-state index in [1.165, 1.54) is 18.3 Å². The van der Waals surface area contributed by atoms with Gasteiger partial charge in [0.1, 0.15) is 17.2 Å². The van der Waals surface area contributed by atoms with E-state index in [4.69, 9.17) is 0 Å². The Labute approximate surface area is 176 Å². The molecule has 3 N–H and O–H groups in total. The van der Waals surface area contributed by atoms with Gasteiger partial charge in [0, 0.05) is 23.4 Å². The third kappa shape index (κ3) is 3.52. The molecule has 4 aromatic rings. The monoisotopic (exact) mass is 416 g/mol. The Kier molecular flexibility index (Phi) is 4.47. The topological polar surface area (TPSA) is 108 Å². The first kappa shape index (κ1) is 18.9. The zero-order valence-electron chi connectivity index (χ0n) is 16.2. The largest absolute Gasteiger partial charge is 0.478 e. The van der Waals surface area contributed by atoms with Crippen LogP contribution in [-0.4, -0.2) is 31.9 Å². The van der Waals surface area contributed by atoms with Gasteiger partial charge >= 0.3 is 5.97 Å². The molecule has 5 rings (SSSR count). The maximum atomic E-state index is 15.1. The number of benzene rings is 2. The summed E-state index contributed by atoms with van der Waals surface area (Å²) in [5.41, 5.74) is 2.57. The van der Waals surface area contributed by atoms with Crippen molar-refractivity contribution in [2.75, 3.05) is 5.32 Å². The summed E-state index contributed by atoms with van der Waals surface area (Å²) in [7, 11) is 0. The van der Waals surface area contributed by atoms with Gasteiger partial charge in [0.2, 0.25) is 5.91 Å². The van der Waals surface area contributed by atoms with Crippen molar-refractivity contribution in [3.05, 3.63) is 66.1 Å². The number of carboxylic acids is 1. The number of imidazole rings is 1. The summed E-state index contributed by atoms with van der Waals surface area (Å²) in [5.74, 6) is -1.43. The van der Waals surface area contributed by atoms with Crippen LogP contribution in [0.15, 0.2) is 54.7 Å². The molecule has 0 unspecified atom stereocenters. The predicted molar refractivity (Wildman–Crippen MR) is 113 cm³/mol. The van der Waals surface area contributed by atoms with E-state index in [-0.39, 0.29) is 39.9 Å². The molecule has 1 aliphatic rings. The summed E-state index contributed by atoms with van der Waals surface area (Å²) in [6.45, 7) is 0. The lowest BCUT2D eigenvalue weighted by atomic mass is 10.0. The van der Waals surface area contributed by atoms with Crippen LogP contribution in [0.2, 0.25) is 0 Å². The van der Waals surface area contributed by atoms with Crippen LogP contribution in [0.25, 0.3) is 33.7 Å². The molecular formula is C23H17FN4O3. The van der Waals surface area contributed by atoms with E-state index in [1.807, 2.05) is 18.2 Å². The highest BCUT2D eigenvalue weighted by atomic mass is 19.1. The van der Waals surface area contributed by atoms with Crippen molar-refractivity contribution in [2.45, 2.75) is 12.8 Å². The fourth-order valence-corrected chi connectivity index (χ4v) is 3.51. The number of halogens is 1. The summed E-state index contributed by atoms with van der Waals surface area (Å²) >= 11 is 0. The number of aromatic amines is 1. The molecule has 0 saturated heterocycles. The Morgan fingerprint density at radius 3 is 2.65 bits per heavy atom. The maximum absolute atomic E-state index is 15.1. The minimum Gasteiger partial charge on any atom is -0.478 e. The SMILES string of the molecule is O=C(O)c1ccnc2[nH]c(-c3ccc(-c4ccccc4NC(=O)C4CC4)cc3F)nc12. The highest BCUT2D eigenvalue weighted by Gasteiger charge is 2.30. The molecule has 1 aliphatic carbocycles. The van der Waals surface area contributed by atoms with E-state index in [9.17, 15) is 14.7 Å². The lowest BCUT2D eigenvalue weighted by Crippen LogP contribution is -2.13. The number of carbonyl (C=O) groups excluding carboxylic acids is 1. The van der Waals surface area contributed by atoms with Crippen LogP contribution in [0.4, 0.5) is 10.1 Å². The van der Waals surface area contributed by atoms with Gasteiger partial charge in [0.05, 0.1) is 11.1 Å². The molecule has 0 radical (unpaired) electrons. The van der Waals surface area contributed by atoms with Gasteiger partial charge in [0.15, 0.2) is 5.65 Å². The number of rotatable bonds is 5. The van der Waals surface area contributed by atoms with Crippen molar-refractivity contribution in [2.24, 2.45) is 5.92 Å². The smallest absolute Gasteiger partial charge is 0.338 e. The minimum atomic E-state index is -1.13. The second-order valence-electron chi connectivity index (χ2n) is 7.45. The third-order valence-electron chi connectivity index (χ3n) is 5.28. The van der Waals surface area contributed by atoms with Crippen molar-refractivity contribution in [1.82, 2.24) is 15.0 Å². The average Bonchev–Trinajstić information content (AvgIpc) is 3.52. The molecule has 7 nitrogen and oxygen atoms in total. The number of hydrogen-bond donors (Lipinski definition) is 3. The highest BCUT2D eigenvalue weighted by molar-refractivity contribution is 6.00. The van der Waals surface area contributed by atoms with E-state index in [1.54, 1.807) is 18.2 Å². The normalized spacial score (nSPS) is 13.3. The Morgan fingerprint density at radius 1 is 1.10 bits per heavy atom. The number of hydrogen-bond acceptors (Lipinski definition) is 4. The zero-order valence-corrected chi connectivity index (χ0v) is 16.2. The second-order valence-corrected chi connectivity index (χ2v) is 7.45. The predicted octanol–water partition coefficient (Wildman–Crippen LogP) is 4.48. The highest BCUT2D eigenvalue weighted by Crippen LogP contribution is 2.34. The Morgan fingerprint density at radius 2 is 1.90 bits per heavy atom. The molecule has 1 amide bonds. The molecule has 0 bridgehead atoms. The van der Waals surface area contributed by atoms with Crippen molar-refractivity contribution < 1.29 is 19.1 Å². The number of nitrogens with one attached hydrogen (secondary N) is 2. The van der Waals surface area contributed by atoms with E-state index < -0.39 is 11.8 Å². The van der Waals surface area contributed by atoms with Gasteiger partial charge < -0.3 is 15.4 Å². The van der Waals surface area contributed by atoms with E-state index in [0.717, 1.165) is 12.8 Å². The van der Waals surface area contributed by atoms with Crippen molar-refractivity contribution in [3.63, 3.8) is 0 Å². The number of amides is 1. The first-order valence-corrected chi connectivity index (χ1v) is 9.79. The molecule has 0 aliphatic heterocycles. The van der Waals surface area contributed by atoms with Gasteiger partial charge in [-0.3, -0.25) is 4.79 Å². The fraction of sp³-hybridized carbons (Fsp3) is 0.130. The molecule has 1 fully saturated rings. The minimum absolute atomic E-state index is 0.00939. The number of carbonyl (C=O) groups is 2. The molecule has 31 heavy (non-hydrogen) atoms. The number of pyridine rings is 1. The number of aromatic carboxylic acids is 1. The number of fused-ring (bicyclic) bond motifs is 1. The molecule has 1 saturated carbocycles. The first-order chi connectivity index (χ1) is 15.0. The number of carboxylic acid groups (broad SMARTS) is 1. The summed E-state index contributed by atoms with van der Waals surface area (Å²) in [6, 6.07) is 13.3. The molecule has 154 valence electrons. The van der Waals surface area contributed by atoms with Crippen LogP contribution >= 0.6 is 0 Å². The molecule has 8 heteroatoms. The lowest BCUT2D eigenvalue weighted by Gasteiger charge is -2.12. The van der Waals surface area contributed by atoms with Crippen LogP contribution < -0.4 is 5.32 Å². The van der Waals surface area contributed by atoms with Gasteiger partial charge in [-0.1, -0.05) is 24.3 Å². The third-order valence-corrected chi connectivity index (χ3v) is 5.28. The van der Waals surface area contributed by atoms with Crippen molar-refractivity contribution >= 4 is 28.7 Å². The summed E-state index contributed by atoms with van der Waals surface area (Å²) in [4.78, 5) is 34.8. The summed E-state index contributed by atoms with van der Waals surface area (Å²) < 4.78 is 15.1. The summed E-state index contributed by atoms with van der Waals surface area (Å²) in [5, 5.41) is 12.2. The molecule has 2 aromatic heterocycles. The first-order valence-electron chi connectivity index (χ1n) is 9.79. The van der Waals surface area contributed by atoms with Crippen LogP contribution in [0, 0.1) is 11.7 Å². The molecule has 0 spiro atoms. The van der Waals surface area contributed by atoms with E-state index in [0.29, 0.717) is 16.8 Å². The molecule has 2 heterocycles. The summed E-state index contributed by atoms with van der Waals surface area (Å²) in [6.07, 6.45) is 3.15. The van der Waals surface area contributed by atoms with Gasteiger partial charge in [-0.05, 0) is 42.7 Å². The van der Waals surface area contributed by atoms with Crippen LogP contribution in [0.3, 0.4) is 0 Å². The number of anilines is 1. The van der Waals surface area contributed by atoms with Crippen molar-refractivity contribution in [1.29, 1.82) is 0 Å². The number of nitrogens with zero attached hydrogens (tertiary/aromatic N) is 2. The number of aromatic nitrogens is 3. The second kappa shape index (κ2) is 7.32. The Balaban J connectivity index is 1.52. The van der Waals surface area contributed by atoms with Gasteiger partial charge in [-0.15, -0.1) is 0 Å². The fourth-order valence-electron chi connectivity index (χ4n) is 3.51. The standard InChI is InChI=1S/C23H17FN4O3/c24-17-11-13(14-3-1-2-4-18(14)26-22(29)12-5-6-12)7-8-15(17)20-27-19-16(23(30)31)9-10-25-21(19)28-20/h1-4,7-12H,5-6H2,(H,26,29)(H,30,31)(H,25,27,28). The molecule has 2 aromatic carbocycles. The Bertz CT molecular complexity index is 1340. The Hall–Kier alpha value is -4.07. The average molecular weight is 416 g/mol. The zero-order chi connectivity index (χ0) is 21.5. The van der Waals surface area contributed by atoms with Gasteiger partial charge in [-0.25, -0.2) is 19.2 Å². The lowest BCUT2D eigenvalue weighted by molar-refractivity contribution is -0.117. The maximum Gasteiger partial charge on any atom is 0.338 e. The van der Waals surface area contributed by atoms with Gasteiger partial charge in [0.25, 0.3) is 0 Å². The van der Waals surface area contributed by atoms with E-state index in [2.05, 4.69) is 20.3 Å². The van der Waals surface area contributed by atoms with Crippen LogP contribution in [0.5, 0.6) is 0 Å². The number of H-pyrrole nitrogens is 1. The molecular weight excluding hydrogens is 399 g/mol. The van der Waals surface area contributed by atoms with Gasteiger partial charge in [-0.2, -0.15) is 0 Å². The van der Waals surface area contributed by atoms with E-state index >= 15 is 4.39 Å². The number of para-hydroxylation sites is 1. The quantitative estimate of drug-likeness (QED) is 0.445. The van der Waals surface area contributed by atoms with Crippen molar-refractivity contribution in [3.8, 4) is 22.5 Å². The van der Waals surface area contributed by atoms with Crippen LogP contribution in [-0.2, 0) is 4.79 Å². The molecule has 0 atom stereocenters. The van der Waals surface area contributed by atoms with Crippen LogP contribution in [0.1, 0.15) is 23.2 Å².